The van der Waals surface area contributed by atoms with Crippen LogP contribution >= 0.6 is 0 Å². The molecule has 1 aliphatic rings. The molecule has 4 rings (SSSR count). The van der Waals surface area contributed by atoms with Crippen molar-refractivity contribution in [3.05, 3.63) is 59.7 Å². The zero-order valence-electron chi connectivity index (χ0n) is 16.1. The average Bonchev–Trinajstić information content (AvgIpc) is 3.43. The summed E-state index contributed by atoms with van der Waals surface area (Å²) in [5.41, 5.74) is 0.781. The molecule has 1 fully saturated rings. The summed E-state index contributed by atoms with van der Waals surface area (Å²) in [5, 5.41) is 8.05. The van der Waals surface area contributed by atoms with Crippen molar-refractivity contribution >= 4 is 5.91 Å². The van der Waals surface area contributed by atoms with Gasteiger partial charge in [0, 0.05) is 18.7 Å². The number of nitrogens with zero attached hydrogens (tertiary/aromatic N) is 3. The van der Waals surface area contributed by atoms with Crippen LogP contribution in [0.1, 0.15) is 28.6 Å². The number of halogens is 1. The molecule has 2 aromatic carbocycles. The molecule has 2 heterocycles. The Balaban J connectivity index is 1.48. The van der Waals surface area contributed by atoms with Crippen LogP contribution in [0.15, 0.2) is 46.9 Å². The molecule has 1 atom stereocenters. The second kappa shape index (κ2) is 7.90. The number of carbonyl (C=O) groups is 1. The summed E-state index contributed by atoms with van der Waals surface area (Å²) in [6, 6.07) is 11.3. The first kappa shape index (κ1) is 18.9. The molecule has 1 amide bonds. The van der Waals surface area contributed by atoms with E-state index in [4.69, 9.17) is 13.9 Å². The summed E-state index contributed by atoms with van der Waals surface area (Å²) in [7, 11) is 3.07. The molecular formula is C21H20FN3O4. The van der Waals surface area contributed by atoms with Crippen molar-refractivity contribution in [2.45, 2.75) is 12.3 Å². The number of benzene rings is 2. The number of hydrogen-bond acceptors (Lipinski definition) is 6. The van der Waals surface area contributed by atoms with Crippen LogP contribution in [0, 0.1) is 5.82 Å². The molecule has 8 heteroatoms. The Morgan fingerprint density at radius 2 is 1.93 bits per heavy atom. The minimum absolute atomic E-state index is 0.0906. The molecule has 29 heavy (non-hydrogen) atoms. The van der Waals surface area contributed by atoms with Gasteiger partial charge in [0.2, 0.25) is 5.89 Å². The molecule has 1 aliphatic heterocycles. The number of hydrogen-bond donors (Lipinski definition) is 0. The highest BCUT2D eigenvalue weighted by Crippen LogP contribution is 2.32. The van der Waals surface area contributed by atoms with Gasteiger partial charge in [0.25, 0.3) is 11.8 Å². The van der Waals surface area contributed by atoms with E-state index in [0.717, 1.165) is 0 Å². The van der Waals surface area contributed by atoms with Gasteiger partial charge >= 0.3 is 0 Å². The molecule has 0 N–H and O–H groups in total. The zero-order valence-corrected chi connectivity index (χ0v) is 16.1. The number of carbonyl (C=O) groups excluding carboxylic acids is 1. The quantitative estimate of drug-likeness (QED) is 0.656. The Bertz CT molecular complexity index is 1040. The largest absolute Gasteiger partial charge is 0.493 e. The maximum Gasteiger partial charge on any atom is 0.254 e. The second-order valence-electron chi connectivity index (χ2n) is 6.73. The summed E-state index contributed by atoms with van der Waals surface area (Å²) in [6.07, 6.45) is 0.692. The van der Waals surface area contributed by atoms with Crippen LogP contribution in [0.3, 0.4) is 0 Å². The normalized spacial score (nSPS) is 16.1. The summed E-state index contributed by atoms with van der Waals surface area (Å²) in [5.74, 6) is 0.998. The highest BCUT2D eigenvalue weighted by Gasteiger charge is 2.32. The van der Waals surface area contributed by atoms with Gasteiger partial charge in [-0.3, -0.25) is 4.79 Å². The lowest BCUT2D eigenvalue weighted by Crippen LogP contribution is -2.28. The van der Waals surface area contributed by atoms with Crippen LogP contribution in [0.5, 0.6) is 11.5 Å². The molecule has 7 nitrogen and oxygen atoms in total. The number of rotatable bonds is 5. The smallest absolute Gasteiger partial charge is 0.254 e. The lowest BCUT2D eigenvalue weighted by Gasteiger charge is -2.17. The van der Waals surface area contributed by atoms with E-state index in [-0.39, 0.29) is 23.3 Å². The van der Waals surface area contributed by atoms with Gasteiger partial charge in [0.15, 0.2) is 11.5 Å². The van der Waals surface area contributed by atoms with Crippen molar-refractivity contribution in [3.63, 3.8) is 0 Å². The van der Waals surface area contributed by atoms with Crippen molar-refractivity contribution in [2.75, 3.05) is 27.3 Å². The first-order valence-electron chi connectivity index (χ1n) is 9.20. The lowest BCUT2D eigenvalue weighted by molar-refractivity contribution is 0.0789. The number of aromatic nitrogens is 2. The summed E-state index contributed by atoms with van der Waals surface area (Å²) < 4.78 is 30.1. The molecule has 0 saturated carbocycles. The van der Waals surface area contributed by atoms with Gasteiger partial charge in [-0.2, -0.15) is 0 Å². The third-order valence-corrected chi connectivity index (χ3v) is 5.00. The van der Waals surface area contributed by atoms with Crippen LogP contribution in [0.2, 0.25) is 0 Å². The number of likely N-dealkylation sites (tertiary alicyclic amines) is 1. The predicted molar refractivity (Wildman–Crippen MR) is 102 cm³/mol. The highest BCUT2D eigenvalue weighted by molar-refractivity contribution is 5.95. The molecule has 0 aliphatic carbocycles. The number of ether oxygens (including phenoxy) is 2. The SMILES string of the molecule is COc1ccc(C(=O)N2CC[C@H](c3nnc(-c4ccccc4F)o3)C2)cc1OC. The van der Waals surface area contributed by atoms with E-state index >= 15 is 0 Å². The van der Waals surface area contributed by atoms with Crippen molar-refractivity contribution < 1.29 is 23.1 Å². The third-order valence-electron chi connectivity index (χ3n) is 5.00. The highest BCUT2D eigenvalue weighted by atomic mass is 19.1. The number of methoxy groups -OCH3 is 2. The van der Waals surface area contributed by atoms with Crippen LogP contribution in [-0.2, 0) is 0 Å². The van der Waals surface area contributed by atoms with E-state index in [1.807, 2.05) is 0 Å². The van der Waals surface area contributed by atoms with Crippen LogP contribution in [0.25, 0.3) is 11.5 Å². The molecule has 1 aromatic heterocycles. The first-order chi connectivity index (χ1) is 14.1. The van der Waals surface area contributed by atoms with Gasteiger partial charge in [-0.05, 0) is 36.8 Å². The Morgan fingerprint density at radius 3 is 2.69 bits per heavy atom. The predicted octanol–water partition coefficient (Wildman–Crippen LogP) is 3.52. The van der Waals surface area contributed by atoms with E-state index in [1.54, 1.807) is 48.4 Å². The summed E-state index contributed by atoms with van der Waals surface area (Å²) >= 11 is 0. The first-order valence-corrected chi connectivity index (χ1v) is 9.20. The Morgan fingerprint density at radius 1 is 1.14 bits per heavy atom. The van der Waals surface area contributed by atoms with Crippen LogP contribution < -0.4 is 9.47 Å². The Hall–Kier alpha value is -3.42. The molecule has 3 aromatic rings. The van der Waals surface area contributed by atoms with E-state index in [0.29, 0.717) is 42.5 Å². The molecule has 0 unspecified atom stereocenters. The minimum atomic E-state index is -0.417. The topological polar surface area (TPSA) is 77.7 Å². The number of amides is 1. The van der Waals surface area contributed by atoms with Crippen molar-refractivity contribution in [1.29, 1.82) is 0 Å². The fraction of sp³-hybridized carbons (Fsp3) is 0.286. The molecule has 0 radical (unpaired) electrons. The van der Waals surface area contributed by atoms with Gasteiger partial charge in [-0.25, -0.2) is 4.39 Å². The van der Waals surface area contributed by atoms with Gasteiger partial charge < -0.3 is 18.8 Å². The minimum Gasteiger partial charge on any atom is -0.493 e. The molecule has 0 spiro atoms. The van der Waals surface area contributed by atoms with Crippen molar-refractivity contribution in [2.24, 2.45) is 0 Å². The summed E-state index contributed by atoms with van der Waals surface area (Å²) in [4.78, 5) is 14.6. The monoisotopic (exact) mass is 397 g/mol. The maximum atomic E-state index is 13.9. The van der Waals surface area contributed by atoms with Crippen LogP contribution in [0.4, 0.5) is 4.39 Å². The maximum absolute atomic E-state index is 13.9. The zero-order chi connectivity index (χ0) is 20.4. The van der Waals surface area contributed by atoms with Crippen molar-refractivity contribution in [1.82, 2.24) is 15.1 Å². The van der Waals surface area contributed by atoms with Gasteiger partial charge in [-0.1, -0.05) is 12.1 Å². The fourth-order valence-corrected chi connectivity index (χ4v) is 3.44. The van der Waals surface area contributed by atoms with Crippen molar-refractivity contribution in [3.8, 4) is 23.0 Å². The van der Waals surface area contributed by atoms with Gasteiger partial charge in [-0.15, -0.1) is 10.2 Å². The lowest BCUT2D eigenvalue weighted by atomic mass is 10.1. The van der Waals surface area contributed by atoms with E-state index in [9.17, 15) is 9.18 Å². The Labute approximate surface area is 167 Å². The van der Waals surface area contributed by atoms with Gasteiger partial charge in [0.1, 0.15) is 5.82 Å². The molecular weight excluding hydrogens is 377 g/mol. The standard InChI is InChI=1S/C21H20FN3O4/c1-27-17-8-7-13(11-18(17)28-2)21(26)25-10-9-14(12-25)19-23-24-20(29-19)15-5-3-4-6-16(15)22/h3-8,11,14H,9-10,12H2,1-2H3/t14-/m0/s1. The fourth-order valence-electron chi connectivity index (χ4n) is 3.44. The molecule has 1 saturated heterocycles. The van der Waals surface area contributed by atoms with Gasteiger partial charge in [0.05, 0.1) is 25.7 Å². The molecule has 150 valence electrons. The summed E-state index contributed by atoms with van der Waals surface area (Å²) in [6.45, 7) is 1.02. The van der Waals surface area contributed by atoms with E-state index in [2.05, 4.69) is 10.2 Å². The Kier molecular flexibility index (Phi) is 5.16. The van der Waals surface area contributed by atoms with E-state index < -0.39 is 5.82 Å². The average molecular weight is 397 g/mol. The molecule has 0 bridgehead atoms. The second-order valence-corrected chi connectivity index (χ2v) is 6.73. The van der Waals surface area contributed by atoms with E-state index in [1.165, 1.54) is 13.2 Å². The van der Waals surface area contributed by atoms with Crippen LogP contribution in [-0.4, -0.2) is 48.3 Å². The third kappa shape index (κ3) is 3.65.